The maximum Gasteiger partial charge on any atom is 0.226 e. The molecule has 2 N–H and O–H groups in total. The molecule has 19 heavy (non-hydrogen) atoms. The second-order valence-corrected chi connectivity index (χ2v) is 6.65. The molecule has 0 spiro atoms. The summed E-state index contributed by atoms with van der Waals surface area (Å²) in [4.78, 5) is 17.2. The predicted molar refractivity (Wildman–Crippen MR) is 77.8 cm³/mol. The molecule has 2 rings (SSSR count). The minimum atomic E-state index is 0.164. The van der Waals surface area contributed by atoms with Crippen LogP contribution in [0.25, 0.3) is 0 Å². The van der Waals surface area contributed by atoms with Crippen LogP contribution in [0.2, 0.25) is 0 Å². The third-order valence-electron chi connectivity index (χ3n) is 4.94. The Hall–Kier alpha value is -0.610. The van der Waals surface area contributed by atoms with E-state index in [1.54, 1.807) is 0 Å². The number of rotatable bonds is 1. The zero-order valence-corrected chi connectivity index (χ0v) is 12.6. The van der Waals surface area contributed by atoms with Gasteiger partial charge in [-0.05, 0) is 52.1 Å². The highest BCUT2D eigenvalue weighted by Gasteiger charge is 2.34. The van der Waals surface area contributed by atoms with Crippen LogP contribution in [0.15, 0.2) is 0 Å². The van der Waals surface area contributed by atoms with Gasteiger partial charge >= 0.3 is 0 Å². The Balaban J connectivity index is 1.98. The van der Waals surface area contributed by atoms with Crippen molar-refractivity contribution in [3.63, 3.8) is 0 Å². The minimum absolute atomic E-state index is 0.164. The molecule has 1 saturated carbocycles. The van der Waals surface area contributed by atoms with Crippen molar-refractivity contribution in [2.45, 2.75) is 51.6 Å². The molecule has 0 aromatic carbocycles. The Morgan fingerprint density at radius 2 is 1.95 bits per heavy atom. The molecule has 1 aliphatic carbocycles. The van der Waals surface area contributed by atoms with Gasteiger partial charge in [0, 0.05) is 31.1 Å². The number of amides is 1. The third-order valence-corrected chi connectivity index (χ3v) is 4.94. The fourth-order valence-corrected chi connectivity index (χ4v) is 3.52. The molecule has 0 aromatic heterocycles. The molecule has 110 valence electrons. The van der Waals surface area contributed by atoms with Crippen molar-refractivity contribution in [3.05, 3.63) is 0 Å². The van der Waals surface area contributed by atoms with Gasteiger partial charge in [-0.2, -0.15) is 0 Å². The lowest BCUT2D eigenvalue weighted by molar-refractivity contribution is -0.139. The van der Waals surface area contributed by atoms with Crippen molar-refractivity contribution in [1.82, 2.24) is 9.80 Å². The molecule has 0 bridgehead atoms. The Kier molecular flexibility index (Phi) is 4.85. The lowest BCUT2D eigenvalue weighted by Gasteiger charge is -2.36. The standard InChI is InChI=1S/C15H29N3O/c1-11-5-6-13(9-14(11)16)15(19)18-8-4-7-17(3)10-12(18)2/h11-14H,4-10,16H2,1-3H3. The summed E-state index contributed by atoms with van der Waals surface area (Å²) in [5, 5.41) is 0. The summed E-state index contributed by atoms with van der Waals surface area (Å²) in [5.41, 5.74) is 6.14. The van der Waals surface area contributed by atoms with Gasteiger partial charge in [0.05, 0.1) is 0 Å². The number of carbonyl (C=O) groups excluding carboxylic acids is 1. The average Bonchev–Trinajstić information content (AvgIpc) is 2.52. The molecule has 1 heterocycles. The van der Waals surface area contributed by atoms with E-state index in [2.05, 4.69) is 30.7 Å². The first-order valence-corrected chi connectivity index (χ1v) is 7.73. The molecular formula is C15H29N3O. The molecular weight excluding hydrogens is 238 g/mol. The van der Waals surface area contributed by atoms with Crippen LogP contribution in [0, 0.1) is 11.8 Å². The quantitative estimate of drug-likeness (QED) is 0.779. The zero-order valence-electron chi connectivity index (χ0n) is 12.6. The van der Waals surface area contributed by atoms with Crippen molar-refractivity contribution in [3.8, 4) is 0 Å². The van der Waals surface area contributed by atoms with Crippen LogP contribution in [0.3, 0.4) is 0 Å². The molecule has 2 fully saturated rings. The predicted octanol–water partition coefficient (Wildman–Crippen LogP) is 1.30. The van der Waals surface area contributed by atoms with Gasteiger partial charge in [0.15, 0.2) is 0 Å². The van der Waals surface area contributed by atoms with E-state index >= 15 is 0 Å². The summed E-state index contributed by atoms with van der Waals surface area (Å²) in [6, 6.07) is 0.531. The molecule has 2 aliphatic rings. The van der Waals surface area contributed by atoms with E-state index in [1.165, 1.54) is 0 Å². The topological polar surface area (TPSA) is 49.6 Å². The fraction of sp³-hybridized carbons (Fsp3) is 0.933. The molecule has 0 radical (unpaired) electrons. The van der Waals surface area contributed by atoms with Crippen molar-refractivity contribution in [2.24, 2.45) is 17.6 Å². The summed E-state index contributed by atoms with van der Waals surface area (Å²) < 4.78 is 0. The van der Waals surface area contributed by atoms with E-state index in [1.807, 2.05) is 0 Å². The van der Waals surface area contributed by atoms with Crippen molar-refractivity contribution in [2.75, 3.05) is 26.7 Å². The lowest BCUT2D eigenvalue weighted by atomic mass is 9.79. The molecule has 4 unspecified atom stereocenters. The smallest absolute Gasteiger partial charge is 0.226 e. The van der Waals surface area contributed by atoms with Crippen molar-refractivity contribution < 1.29 is 4.79 Å². The van der Waals surface area contributed by atoms with E-state index in [4.69, 9.17) is 5.73 Å². The van der Waals surface area contributed by atoms with Gasteiger partial charge in [0.2, 0.25) is 5.91 Å². The van der Waals surface area contributed by atoms with Crippen molar-refractivity contribution in [1.29, 1.82) is 0 Å². The number of carbonyl (C=O) groups is 1. The first kappa shape index (κ1) is 14.8. The highest BCUT2D eigenvalue weighted by molar-refractivity contribution is 5.79. The lowest BCUT2D eigenvalue weighted by Crippen LogP contribution is -2.47. The number of hydrogen-bond acceptors (Lipinski definition) is 3. The van der Waals surface area contributed by atoms with Crippen molar-refractivity contribution >= 4 is 5.91 Å². The number of hydrogen-bond donors (Lipinski definition) is 1. The maximum atomic E-state index is 12.7. The van der Waals surface area contributed by atoms with Crippen LogP contribution >= 0.6 is 0 Å². The molecule has 1 saturated heterocycles. The van der Waals surface area contributed by atoms with Gasteiger partial charge < -0.3 is 15.5 Å². The van der Waals surface area contributed by atoms with E-state index in [0.717, 1.165) is 45.3 Å². The monoisotopic (exact) mass is 267 g/mol. The normalized spacial score (nSPS) is 38.0. The maximum absolute atomic E-state index is 12.7. The fourth-order valence-electron chi connectivity index (χ4n) is 3.52. The van der Waals surface area contributed by atoms with Gasteiger partial charge in [-0.1, -0.05) is 6.92 Å². The number of nitrogens with zero attached hydrogens (tertiary/aromatic N) is 2. The first-order chi connectivity index (χ1) is 8.99. The SMILES string of the molecule is CC1CCC(C(=O)N2CCCN(C)CC2C)CC1N. The van der Waals surface area contributed by atoms with Crippen LogP contribution in [0.1, 0.15) is 39.5 Å². The Labute approximate surface area is 117 Å². The van der Waals surface area contributed by atoms with Gasteiger partial charge in [-0.3, -0.25) is 4.79 Å². The average molecular weight is 267 g/mol. The molecule has 4 atom stereocenters. The second-order valence-electron chi connectivity index (χ2n) is 6.65. The van der Waals surface area contributed by atoms with Gasteiger partial charge in [-0.15, -0.1) is 0 Å². The number of likely N-dealkylation sites (N-methyl/N-ethyl adjacent to an activating group) is 1. The largest absolute Gasteiger partial charge is 0.338 e. The van der Waals surface area contributed by atoms with E-state index in [9.17, 15) is 4.79 Å². The summed E-state index contributed by atoms with van der Waals surface area (Å²) >= 11 is 0. The van der Waals surface area contributed by atoms with Gasteiger partial charge in [-0.25, -0.2) is 0 Å². The van der Waals surface area contributed by atoms with E-state index < -0.39 is 0 Å². The summed E-state index contributed by atoms with van der Waals surface area (Å²) in [6.07, 6.45) is 4.08. The first-order valence-electron chi connectivity index (χ1n) is 7.73. The molecule has 4 heteroatoms. The highest BCUT2D eigenvalue weighted by Crippen LogP contribution is 2.29. The Morgan fingerprint density at radius 3 is 2.63 bits per heavy atom. The highest BCUT2D eigenvalue weighted by atomic mass is 16.2. The molecule has 4 nitrogen and oxygen atoms in total. The number of nitrogens with two attached hydrogens (primary N) is 1. The van der Waals surface area contributed by atoms with Crippen LogP contribution in [-0.2, 0) is 4.79 Å². The van der Waals surface area contributed by atoms with E-state index in [0.29, 0.717) is 17.9 Å². The van der Waals surface area contributed by atoms with Crippen LogP contribution < -0.4 is 5.73 Å². The molecule has 0 aromatic rings. The Morgan fingerprint density at radius 1 is 1.21 bits per heavy atom. The van der Waals surface area contributed by atoms with Gasteiger partial charge in [0.1, 0.15) is 0 Å². The van der Waals surface area contributed by atoms with Crippen LogP contribution in [0.4, 0.5) is 0 Å². The third kappa shape index (κ3) is 3.48. The zero-order chi connectivity index (χ0) is 14.0. The van der Waals surface area contributed by atoms with Gasteiger partial charge in [0.25, 0.3) is 0 Å². The molecule has 1 aliphatic heterocycles. The summed E-state index contributed by atoms with van der Waals surface area (Å²) in [7, 11) is 2.14. The minimum Gasteiger partial charge on any atom is -0.338 e. The molecule has 1 amide bonds. The second kappa shape index (κ2) is 6.23. The van der Waals surface area contributed by atoms with Crippen LogP contribution in [-0.4, -0.2) is 54.5 Å². The van der Waals surface area contributed by atoms with Crippen LogP contribution in [0.5, 0.6) is 0 Å². The summed E-state index contributed by atoms with van der Waals surface area (Å²) in [6.45, 7) is 7.36. The summed E-state index contributed by atoms with van der Waals surface area (Å²) in [5.74, 6) is 1.08. The van der Waals surface area contributed by atoms with E-state index in [-0.39, 0.29) is 12.0 Å². The Bertz CT molecular complexity index is 321.